The summed E-state index contributed by atoms with van der Waals surface area (Å²) in [5.41, 5.74) is 2.23. The number of urea groups is 1. The second-order valence-corrected chi connectivity index (χ2v) is 5.98. The van der Waals surface area contributed by atoms with Gasteiger partial charge in [0.25, 0.3) is 0 Å². The zero-order valence-corrected chi connectivity index (χ0v) is 14.2. The number of carbonyl (C=O) groups is 2. The number of nitrogens with one attached hydrogen (secondary N) is 2. The first-order chi connectivity index (χ1) is 12.2. The van der Waals surface area contributed by atoms with E-state index in [4.69, 9.17) is 0 Å². The van der Waals surface area contributed by atoms with Crippen LogP contribution in [0.5, 0.6) is 0 Å². The van der Waals surface area contributed by atoms with Crippen LogP contribution >= 0.6 is 0 Å². The molecule has 1 atom stereocenters. The summed E-state index contributed by atoms with van der Waals surface area (Å²) in [5, 5.41) is 5.62. The number of carbonyl (C=O) groups excluding carboxylic acids is 2. The molecule has 2 N–H and O–H groups in total. The van der Waals surface area contributed by atoms with Gasteiger partial charge < -0.3 is 15.5 Å². The van der Waals surface area contributed by atoms with E-state index in [0.29, 0.717) is 24.3 Å². The van der Waals surface area contributed by atoms with Gasteiger partial charge in [0.2, 0.25) is 5.91 Å². The Morgan fingerprint density at radius 3 is 2.80 bits per heavy atom. The molecule has 6 heteroatoms. The predicted octanol–water partition coefficient (Wildman–Crippen LogP) is 2.88. The molecule has 1 aromatic heterocycles. The minimum absolute atomic E-state index is 0.0154. The molecule has 3 amide bonds. The van der Waals surface area contributed by atoms with Gasteiger partial charge in [-0.3, -0.25) is 9.78 Å². The van der Waals surface area contributed by atoms with Crippen LogP contribution in [0.4, 0.5) is 10.5 Å². The van der Waals surface area contributed by atoms with Crippen LogP contribution in [0.15, 0.2) is 48.7 Å². The van der Waals surface area contributed by atoms with Gasteiger partial charge in [0, 0.05) is 24.8 Å². The molecule has 1 aromatic carbocycles. The zero-order valence-electron chi connectivity index (χ0n) is 14.2. The molecule has 130 valence electrons. The van der Waals surface area contributed by atoms with Crippen LogP contribution in [0.3, 0.4) is 0 Å². The number of pyridine rings is 1. The Bertz CT molecular complexity index is 748. The Kier molecular flexibility index (Phi) is 5.28. The van der Waals surface area contributed by atoms with Crippen molar-refractivity contribution in [3.63, 3.8) is 0 Å². The first kappa shape index (κ1) is 17.0. The number of anilines is 1. The second kappa shape index (κ2) is 7.79. The van der Waals surface area contributed by atoms with Gasteiger partial charge in [-0.2, -0.15) is 0 Å². The first-order valence-corrected chi connectivity index (χ1v) is 8.55. The highest BCUT2D eigenvalue weighted by Crippen LogP contribution is 2.25. The number of hydrogen-bond acceptors (Lipinski definition) is 3. The molecule has 6 nitrogen and oxygen atoms in total. The second-order valence-electron chi connectivity index (χ2n) is 5.98. The fourth-order valence-corrected chi connectivity index (χ4v) is 3.04. The summed E-state index contributed by atoms with van der Waals surface area (Å²) in [6.45, 7) is 3.37. The van der Waals surface area contributed by atoms with E-state index in [1.165, 1.54) is 0 Å². The molecule has 25 heavy (non-hydrogen) atoms. The summed E-state index contributed by atoms with van der Waals surface area (Å²) in [6.07, 6.45) is 3.25. The van der Waals surface area contributed by atoms with Crippen molar-refractivity contribution in [2.75, 3.05) is 18.4 Å². The number of hydrogen-bond donors (Lipinski definition) is 2. The van der Waals surface area contributed by atoms with Crippen molar-refractivity contribution in [3.8, 4) is 11.3 Å². The Morgan fingerprint density at radius 2 is 2.04 bits per heavy atom. The summed E-state index contributed by atoms with van der Waals surface area (Å²) < 4.78 is 0. The normalized spacial score (nSPS) is 17.2. The van der Waals surface area contributed by atoms with Crippen molar-refractivity contribution in [2.24, 2.45) is 0 Å². The maximum Gasteiger partial charge on any atom is 0.319 e. The van der Waals surface area contributed by atoms with Gasteiger partial charge in [-0.1, -0.05) is 30.3 Å². The largest absolute Gasteiger partial charge is 0.341 e. The number of nitrogens with zero attached hydrogens (tertiary/aromatic N) is 2. The predicted molar refractivity (Wildman–Crippen MR) is 97.1 cm³/mol. The molecule has 1 fully saturated rings. The lowest BCUT2D eigenvalue weighted by molar-refractivity contribution is -0.135. The lowest BCUT2D eigenvalue weighted by Crippen LogP contribution is -2.53. The molecule has 1 aliphatic heterocycles. The van der Waals surface area contributed by atoms with E-state index in [0.717, 1.165) is 18.5 Å². The Labute approximate surface area is 147 Å². The number of amides is 3. The van der Waals surface area contributed by atoms with Gasteiger partial charge in [0.1, 0.15) is 6.04 Å². The number of rotatable bonds is 4. The number of likely N-dealkylation sites (tertiary alicyclic amines) is 1. The quantitative estimate of drug-likeness (QED) is 0.900. The van der Waals surface area contributed by atoms with Crippen LogP contribution < -0.4 is 10.6 Å². The summed E-state index contributed by atoms with van der Waals surface area (Å²) in [4.78, 5) is 30.8. The topological polar surface area (TPSA) is 74.3 Å². The smallest absolute Gasteiger partial charge is 0.319 e. The Balaban J connectivity index is 1.71. The molecule has 0 saturated carbocycles. The van der Waals surface area contributed by atoms with Crippen LogP contribution in [0.2, 0.25) is 0 Å². The van der Waals surface area contributed by atoms with Gasteiger partial charge in [0.15, 0.2) is 0 Å². The van der Waals surface area contributed by atoms with E-state index in [2.05, 4.69) is 15.6 Å². The van der Waals surface area contributed by atoms with Crippen LogP contribution in [0.25, 0.3) is 11.3 Å². The number of aromatic nitrogens is 1. The molecule has 2 heterocycles. The third-order valence-electron chi connectivity index (χ3n) is 4.32. The van der Waals surface area contributed by atoms with E-state index in [1.807, 2.05) is 37.3 Å². The van der Waals surface area contributed by atoms with Crippen molar-refractivity contribution in [2.45, 2.75) is 25.8 Å². The van der Waals surface area contributed by atoms with Crippen LogP contribution in [0.1, 0.15) is 19.8 Å². The summed E-state index contributed by atoms with van der Waals surface area (Å²) in [7, 11) is 0. The molecular weight excluding hydrogens is 316 g/mol. The van der Waals surface area contributed by atoms with Crippen molar-refractivity contribution in [1.29, 1.82) is 0 Å². The fourth-order valence-electron chi connectivity index (χ4n) is 3.04. The van der Waals surface area contributed by atoms with Gasteiger partial charge >= 0.3 is 6.03 Å². The Hall–Kier alpha value is -2.89. The standard InChI is InChI=1S/C19H22N4O2/c1-2-23-13-7-11-16(18(23)24)22-19(25)21-15-10-6-12-20-17(15)14-8-4-3-5-9-14/h3-6,8-10,12,16H,2,7,11,13H2,1H3,(H2,21,22,25). The van der Waals surface area contributed by atoms with Crippen molar-refractivity contribution in [3.05, 3.63) is 48.7 Å². The molecule has 1 aliphatic rings. The molecule has 1 unspecified atom stereocenters. The van der Waals surface area contributed by atoms with Crippen molar-refractivity contribution >= 4 is 17.6 Å². The molecule has 3 rings (SSSR count). The molecule has 0 spiro atoms. The molecule has 2 aromatic rings. The van der Waals surface area contributed by atoms with Crippen molar-refractivity contribution in [1.82, 2.24) is 15.2 Å². The van der Waals surface area contributed by atoms with Gasteiger partial charge in [-0.15, -0.1) is 0 Å². The number of likely N-dealkylation sites (N-methyl/N-ethyl adjacent to an activating group) is 1. The van der Waals surface area contributed by atoms with E-state index in [9.17, 15) is 9.59 Å². The summed E-state index contributed by atoms with van der Waals surface area (Å²) >= 11 is 0. The third kappa shape index (κ3) is 3.96. The van der Waals surface area contributed by atoms with Gasteiger partial charge in [0.05, 0.1) is 11.4 Å². The molecule has 0 radical (unpaired) electrons. The average Bonchev–Trinajstić information content (AvgIpc) is 2.64. The van der Waals surface area contributed by atoms with E-state index < -0.39 is 6.04 Å². The maximum absolute atomic E-state index is 12.4. The van der Waals surface area contributed by atoms with Crippen LogP contribution in [-0.2, 0) is 4.79 Å². The minimum Gasteiger partial charge on any atom is -0.341 e. The van der Waals surface area contributed by atoms with E-state index in [-0.39, 0.29) is 11.9 Å². The highest BCUT2D eigenvalue weighted by Gasteiger charge is 2.29. The average molecular weight is 338 g/mol. The lowest BCUT2D eigenvalue weighted by atomic mass is 10.1. The highest BCUT2D eigenvalue weighted by molar-refractivity contribution is 5.96. The third-order valence-corrected chi connectivity index (χ3v) is 4.32. The molecular formula is C19H22N4O2. The Morgan fingerprint density at radius 1 is 1.24 bits per heavy atom. The van der Waals surface area contributed by atoms with Crippen molar-refractivity contribution < 1.29 is 9.59 Å². The van der Waals surface area contributed by atoms with E-state index in [1.54, 1.807) is 23.2 Å². The summed E-state index contributed by atoms with van der Waals surface area (Å²) in [5.74, 6) is -0.0154. The first-order valence-electron chi connectivity index (χ1n) is 8.55. The molecule has 1 saturated heterocycles. The highest BCUT2D eigenvalue weighted by atomic mass is 16.2. The zero-order chi connectivity index (χ0) is 17.6. The minimum atomic E-state index is -0.467. The van der Waals surface area contributed by atoms with Gasteiger partial charge in [-0.25, -0.2) is 4.79 Å². The SMILES string of the molecule is CCN1CCCC(NC(=O)Nc2cccnc2-c2ccccc2)C1=O. The van der Waals surface area contributed by atoms with Crippen LogP contribution in [-0.4, -0.2) is 41.0 Å². The maximum atomic E-state index is 12.4. The van der Waals surface area contributed by atoms with E-state index >= 15 is 0 Å². The molecule has 0 bridgehead atoms. The number of benzene rings is 1. The van der Waals surface area contributed by atoms with Gasteiger partial charge in [-0.05, 0) is 31.9 Å². The summed E-state index contributed by atoms with van der Waals surface area (Å²) in [6, 6.07) is 12.4. The lowest BCUT2D eigenvalue weighted by Gasteiger charge is -2.31. The monoisotopic (exact) mass is 338 g/mol. The molecule has 0 aliphatic carbocycles. The van der Waals surface area contributed by atoms with Crippen LogP contribution in [0, 0.1) is 0 Å². The number of piperidine rings is 1. The fraction of sp³-hybridized carbons (Fsp3) is 0.316.